The van der Waals surface area contributed by atoms with Gasteiger partial charge in [0.05, 0.1) is 24.3 Å². The van der Waals surface area contributed by atoms with Crippen LogP contribution in [0.3, 0.4) is 0 Å². The highest BCUT2D eigenvalue weighted by Crippen LogP contribution is 2.17. The van der Waals surface area contributed by atoms with E-state index < -0.39 is 0 Å². The summed E-state index contributed by atoms with van der Waals surface area (Å²) in [6, 6.07) is 14.5. The van der Waals surface area contributed by atoms with E-state index in [1.165, 1.54) is 185 Å². The number of rotatable bonds is 40. The zero-order valence-electron chi connectivity index (χ0n) is 37.6. The highest BCUT2D eigenvalue weighted by atomic mass is 16.5. The highest BCUT2D eigenvalue weighted by Gasteiger charge is 2.11. The van der Waals surface area contributed by atoms with Crippen molar-refractivity contribution in [2.75, 3.05) is 13.2 Å². The molecule has 0 bridgehead atoms. The van der Waals surface area contributed by atoms with Crippen molar-refractivity contribution in [1.82, 2.24) is 5.06 Å². The Morgan fingerprint density at radius 3 is 0.845 bits per heavy atom. The van der Waals surface area contributed by atoms with Gasteiger partial charge in [-0.1, -0.05) is 231 Å². The van der Waals surface area contributed by atoms with Crippen LogP contribution >= 0.6 is 0 Å². The molecule has 2 aromatic rings. The van der Waals surface area contributed by atoms with Crippen LogP contribution in [-0.4, -0.2) is 35.4 Å². The molecule has 0 aliphatic rings. The predicted octanol–water partition coefficient (Wildman–Crippen LogP) is 15.9. The lowest BCUT2D eigenvalue weighted by Gasteiger charge is -2.15. The molecule has 0 fully saturated rings. The fourth-order valence-corrected chi connectivity index (χ4v) is 7.77. The smallest absolute Gasteiger partial charge is 0.338 e. The fraction of sp³-hybridized carbons (Fsp3) is 0.731. The van der Waals surface area contributed by atoms with Crippen LogP contribution in [0, 0.1) is 0 Å². The molecule has 6 nitrogen and oxygen atoms in total. The summed E-state index contributed by atoms with van der Waals surface area (Å²) in [6.07, 6.45) is 42.2. The van der Waals surface area contributed by atoms with Crippen LogP contribution in [0.25, 0.3) is 0 Å². The Morgan fingerprint density at radius 1 is 0.379 bits per heavy atom. The van der Waals surface area contributed by atoms with Gasteiger partial charge in [0.1, 0.15) is 0 Å². The van der Waals surface area contributed by atoms with Crippen LogP contribution in [0.5, 0.6) is 0 Å². The fourth-order valence-electron chi connectivity index (χ4n) is 7.77. The first-order valence-corrected chi connectivity index (χ1v) is 24.5. The van der Waals surface area contributed by atoms with E-state index in [-0.39, 0.29) is 11.9 Å². The Morgan fingerprint density at radius 2 is 0.603 bits per heavy atom. The topological polar surface area (TPSA) is 76.1 Å². The van der Waals surface area contributed by atoms with Crippen molar-refractivity contribution in [3.63, 3.8) is 0 Å². The number of carbonyl (C=O) groups excluding carboxylic acids is 2. The van der Waals surface area contributed by atoms with Crippen molar-refractivity contribution in [1.29, 1.82) is 0 Å². The molecule has 330 valence electrons. The van der Waals surface area contributed by atoms with E-state index in [0.29, 0.717) is 37.4 Å². The van der Waals surface area contributed by atoms with Crippen molar-refractivity contribution >= 4 is 11.9 Å². The Kier molecular flexibility index (Phi) is 33.1. The number of ether oxygens (including phenoxy) is 2. The quantitative estimate of drug-likeness (QED) is 0.0411. The van der Waals surface area contributed by atoms with Gasteiger partial charge in [-0.3, -0.25) is 0 Å². The lowest BCUT2D eigenvalue weighted by Crippen LogP contribution is -2.18. The molecule has 0 unspecified atom stereocenters. The SMILES string of the molecule is CCCCCCCCCCCCCCCCCCOC(=O)c1ccc(CN(O)Cc2ccc(C(=O)OCCCCCCCCCCCCCCCCCC)cc2)cc1. The monoisotopic (exact) mass is 806 g/mol. The molecule has 0 saturated carbocycles. The maximum absolute atomic E-state index is 12.5. The predicted molar refractivity (Wildman–Crippen MR) is 244 cm³/mol. The van der Waals surface area contributed by atoms with E-state index in [4.69, 9.17) is 9.47 Å². The number of carbonyl (C=O) groups is 2. The van der Waals surface area contributed by atoms with E-state index in [2.05, 4.69) is 13.8 Å². The largest absolute Gasteiger partial charge is 0.462 e. The minimum Gasteiger partial charge on any atom is -0.462 e. The Hall–Kier alpha value is -2.70. The molecule has 0 aliphatic carbocycles. The Balaban J connectivity index is 1.44. The van der Waals surface area contributed by atoms with Gasteiger partial charge in [0.25, 0.3) is 0 Å². The third kappa shape index (κ3) is 28.7. The highest BCUT2D eigenvalue weighted by molar-refractivity contribution is 5.89. The molecule has 0 amide bonds. The minimum atomic E-state index is -0.294. The van der Waals surface area contributed by atoms with Gasteiger partial charge in [0, 0.05) is 13.1 Å². The van der Waals surface area contributed by atoms with Crippen molar-refractivity contribution in [2.24, 2.45) is 0 Å². The lowest BCUT2D eigenvalue weighted by atomic mass is 10.0. The standard InChI is InChI=1S/C52H87NO5/c1-3-5-7-9-11-13-15-17-19-21-23-25-27-29-31-33-43-57-51(54)49-39-35-47(36-40-49)45-53(56)46-48-37-41-50(42-38-48)52(55)58-44-34-32-30-28-26-24-22-20-18-16-14-12-10-8-6-4-2/h35-42,56H,3-34,43-46H2,1-2H3. The number of nitrogens with zero attached hydrogens (tertiary/aromatic N) is 1. The van der Waals surface area contributed by atoms with Gasteiger partial charge in [-0.05, 0) is 48.2 Å². The van der Waals surface area contributed by atoms with Crippen molar-refractivity contribution in [3.05, 3.63) is 70.8 Å². The van der Waals surface area contributed by atoms with Crippen LogP contribution < -0.4 is 0 Å². The lowest BCUT2D eigenvalue weighted by molar-refractivity contribution is -0.108. The molecule has 0 aromatic heterocycles. The summed E-state index contributed by atoms with van der Waals surface area (Å²) >= 11 is 0. The minimum absolute atomic E-state index is 0.294. The summed E-state index contributed by atoms with van der Waals surface area (Å²) in [5.41, 5.74) is 2.85. The first-order valence-electron chi connectivity index (χ1n) is 24.5. The summed E-state index contributed by atoms with van der Waals surface area (Å²) in [5.74, 6) is -0.589. The van der Waals surface area contributed by atoms with Crippen LogP contribution in [0.1, 0.15) is 251 Å². The van der Waals surface area contributed by atoms with Gasteiger partial charge in [-0.2, -0.15) is 5.06 Å². The molecule has 58 heavy (non-hydrogen) atoms. The van der Waals surface area contributed by atoms with Crippen LogP contribution in [-0.2, 0) is 22.6 Å². The molecule has 0 saturated heterocycles. The molecule has 2 rings (SSSR count). The number of unbranched alkanes of at least 4 members (excludes halogenated alkanes) is 30. The normalized spacial score (nSPS) is 11.4. The van der Waals surface area contributed by atoms with Crippen molar-refractivity contribution in [3.8, 4) is 0 Å². The summed E-state index contributed by atoms with van der Waals surface area (Å²) < 4.78 is 11.0. The molecule has 0 atom stereocenters. The number of hydrogen-bond acceptors (Lipinski definition) is 6. The second-order valence-corrected chi connectivity index (χ2v) is 17.1. The van der Waals surface area contributed by atoms with Gasteiger partial charge < -0.3 is 14.7 Å². The van der Waals surface area contributed by atoms with Gasteiger partial charge in [-0.15, -0.1) is 0 Å². The summed E-state index contributed by atoms with van der Waals surface area (Å²) in [4.78, 5) is 25.1. The van der Waals surface area contributed by atoms with E-state index in [9.17, 15) is 14.8 Å². The molecule has 0 spiro atoms. The number of hydrogen-bond donors (Lipinski definition) is 1. The van der Waals surface area contributed by atoms with E-state index >= 15 is 0 Å². The third-order valence-electron chi connectivity index (χ3n) is 11.6. The molecule has 0 heterocycles. The van der Waals surface area contributed by atoms with Crippen molar-refractivity contribution in [2.45, 2.75) is 232 Å². The van der Waals surface area contributed by atoms with Gasteiger partial charge in [0.2, 0.25) is 0 Å². The van der Waals surface area contributed by atoms with Crippen LogP contribution in [0.15, 0.2) is 48.5 Å². The van der Waals surface area contributed by atoms with Gasteiger partial charge in [0.15, 0.2) is 0 Å². The maximum atomic E-state index is 12.5. The molecular weight excluding hydrogens is 719 g/mol. The first kappa shape index (κ1) is 51.4. The first-order chi connectivity index (χ1) is 28.5. The third-order valence-corrected chi connectivity index (χ3v) is 11.6. The van der Waals surface area contributed by atoms with E-state index in [0.717, 1.165) is 36.8 Å². The molecule has 1 N–H and O–H groups in total. The average molecular weight is 806 g/mol. The summed E-state index contributed by atoms with van der Waals surface area (Å²) in [7, 11) is 0. The van der Waals surface area contributed by atoms with E-state index in [1.54, 1.807) is 24.3 Å². The van der Waals surface area contributed by atoms with Crippen LogP contribution in [0.2, 0.25) is 0 Å². The average Bonchev–Trinajstić information content (AvgIpc) is 3.23. The molecule has 0 radical (unpaired) electrons. The zero-order chi connectivity index (χ0) is 41.6. The zero-order valence-corrected chi connectivity index (χ0v) is 37.6. The number of benzene rings is 2. The molecule has 2 aromatic carbocycles. The summed E-state index contributed by atoms with van der Waals surface area (Å²) in [5, 5.41) is 11.8. The Bertz CT molecular complexity index is 1130. The molecule has 0 aliphatic heterocycles. The van der Waals surface area contributed by atoms with Gasteiger partial charge >= 0.3 is 11.9 Å². The summed E-state index contributed by atoms with van der Waals surface area (Å²) in [6.45, 7) is 6.11. The maximum Gasteiger partial charge on any atom is 0.338 e. The van der Waals surface area contributed by atoms with Crippen molar-refractivity contribution < 1.29 is 24.3 Å². The number of esters is 2. The Labute approximate surface area is 356 Å². The van der Waals surface area contributed by atoms with Crippen LogP contribution in [0.4, 0.5) is 0 Å². The van der Waals surface area contributed by atoms with Gasteiger partial charge in [-0.25, -0.2) is 9.59 Å². The molecule has 6 heteroatoms. The molecular formula is C52H87NO5. The van der Waals surface area contributed by atoms with E-state index in [1.807, 2.05) is 24.3 Å². The number of hydroxylamine groups is 2. The second kappa shape index (κ2) is 37.3. The second-order valence-electron chi connectivity index (χ2n) is 17.1.